The van der Waals surface area contributed by atoms with Gasteiger partial charge in [-0.05, 0) is 25.7 Å². The topological polar surface area (TPSA) is 65.1 Å². The Hall–Kier alpha value is -1.10. The minimum absolute atomic E-state index is 0.131. The number of fused-ring (bicyclic) bond motifs is 1. The highest BCUT2D eigenvalue weighted by atomic mass is 16.6. The molecule has 1 aliphatic heterocycles. The average molecular weight is 354 g/mol. The zero-order chi connectivity index (χ0) is 18.1. The molecule has 0 radical (unpaired) electrons. The third kappa shape index (κ3) is 6.61. The first-order valence-corrected chi connectivity index (χ1v) is 10.2. The van der Waals surface area contributed by atoms with Crippen molar-refractivity contribution in [1.82, 2.24) is 0 Å². The third-order valence-electron chi connectivity index (χ3n) is 5.24. The molecule has 1 aliphatic carbocycles. The third-order valence-corrected chi connectivity index (χ3v) is 5.24. The Kier molecular flexibility index (Phi) is 8.73. The van der Waals surface area contributed by atoms with Crippen molar-refractivity contribution in [1.29, 1.82) is 0 Å². The van der Waals surface area contributed by atoms with E-state index in [1.165, 1.54) is 0 Å². The van der Waals surface area contributed by atoms with Gasteiger partial charge in [-0.2, -0.15) is 0 Å². The zero-order valence-corrected chi connectivity index (χ0v) is 15.8. The molecule has 4 unspecified atom stereocenters. The van der Waals surface area contributed by atoms with Crippen LogP contribution in [0.3, 0.4) is 0 Å². The Balaban J connectivity index is 1.75. The predicted molar refractivity (Wildman–Crippen MR) is 95.1 cm³/mol. The lowest BCUT2D eigenvalue weighted by Crippen LogP contribution is -2.37. The minimum atomic E-state index is -0.405. The fourth-order valence-corrected chi connectivity index (χ4v) is 3.56. The number of carbonyl (C=O) groups is 2. The summed E-state index contributed by atoms with van der Waals surface area (Å²) < 4.78 is 16.4. The number of rotatable bonds is 12. The molecule has 1 saturated carbocycles. The van der Waals surface area contributed by atoms with Gasteiger partial charge in [0, 0.05) is 0 Å². The highest BCUT2D eigenvalue weighted by Crippen LogP contribution is 2.43. The van der Waals surface area contributed by atoms with Crippen LogP contribution in [0.25, 0.3) is 0 Å². The van der Waals surface area contributed by atoms with Gasteiger partial charge in [0.15, 0.2) is 0 Å². The molecular weight excluding hydrogens is 320 g/mol. The fourth-order valence-electron chi connectivity index (χ4n) is 3.56. The van der Waals surface area contributed by atoms with Gasteiger partial charge < -0.3 is 14.2 Å². The van der Waals surface area contributed by atoms with Crippen LogP contribution in [0, 0.1) is 11.8 Å². The van der Waals surface area contributed by atoms with Gasteiger partial charge in [0.05, 0.1) is 37.3 Å². The maximum atomic E-state index is 12.4. The summed E-state index contributed by atoms with van der Waals surface area (Å²) >= 11 is 0. The normalized spacial score (nSPS) is 27.4. The van der Waals surface area contributed by atoms with Crippen molar-refractivity contribution in [3.05, 3.63) is 0 Å². The molecule has 144 valence electrons. The first-order valence-electron chi connectivity index (χ1n) is 10.2. The van der Waals surface area contributed by atoms with E-state index in [4.69, 9.17) is 14.2 Å². The summed E-state index contributed by atoms with van der Waals surface area (Å²) in [4.78, 5) is 24.9. The lowest BCUT2D eigenvalue weighted by Gasteiger charge is -2.26. The average Bonchev–Trinajstić information content (AvgIpc) is 3.38. The van der Waals surface area contributed by atoms with Crippen molar-refractivity contribution in [2.75, 3.05) is 13.2 Å². The van der Waals surface area contributed by atoms with E-state index in [1.54, 1.807) is 0 Å². The van der Waals surface area contributed by atoms with E-state index in [1.807, 2.05) is 0 Å². The number of hydrogen-bond acceptors (Lipinski definition) is 5. The standard InChI is InChI=1S/C20H34O5/c1-3-5-7-9-11-23-19(21)15-13-17-18(25-17)14-16(15)20(22)24-12-10-8-6-4-2/h15-18H,3-14H2,1-2H3. The van der Waals surface area contributed by atoms with Gasteiger partial charge in [0.2, 0.25) is 0 Å². The van der Waals surface area contributed by atoms with E-state index in [0.717, 1.165) is 51.4 Å². The van der Waals surface area contributed by atoms with Crippen molar-refractivity contribution >= 4 is 11.9 Å². The molecule has 4 atom stereocenters. The van der Waals surface area contributed by atoms with E-state index >= 15 is 0 Å². The molecule has 25 heavy (non-hydrogen) atoms. The maximum Gasteiger partial charge on any atom is 0.309 e. The van der Waals surface area contributed by atoms with E-state index in [9.17, 15) is 9.59 Å². The number of hydrogen-bond donors (Lipinski definition) is 0. The predicted octanol–water partition coefficient (Wildman–Crippen LogP) is 4.03. The molecule has 0 bridgehead atoms. The molecule has 1 saturated heterocycles. The Bertz CT molecular complexity index is 384. The second-order valence-electron chi connectivity index (χ2n) is 7.35. The molecule has 0 amide bonds. The van der Waals surface area contributed by atoms with Gasteiger partial charge in [0.25, 0.3) is 0 Å². The monoisotopic (exact) mass is 354 g/mol. The molecule has 2 rings (SSSR count). The number of unbranched alkanes of at least 4 members (excludes halogenated alkanes) is 6. The summed E-state index contributed by atoms with van der Waals surface area (Å²) in [6.45, 7) is 5.20. The largest absolute Gasteiger partial charge is 0.465 e. The van der Waals surface area contributed by atoms with Crippen molar-refractivity contribution in [2.24, 2.45) is 11.8 Å². The second kappa shape index (κ2) is 10.8. The number of epoxide rings is 1. The molecule has 0 aromatic rings. The molecule has 5 nitrogen and oxygen atoms in total. The Morgan fingerprint density at radius 2 is 1.20 bits per heavy atom. The molecule has 0 aromatic carbocycles. The lowest BCUT2D eigenvalue weighted by atomic mass is 9.79. The molecule has 2 aliphatic rings. The fraction of sp³-hybridized carbons (Fsp3) is 0.900. The summed E-state index contributed by atoms with van der Waals surface area (Å²) in [6.07, 6.45) is 10.0. The summed E-state index contributed by atoms with van der Waals surface area (Å²) in [6, 6.07) is 0. The Morgan fingerprint density at radius 3 is 1.60 bits per heavy atom. The Morgan fingerprint density at radius 1 is 0.760 bits per heavy atom. The number of carbonyl (C=O) groups excluding carboxylic acids is 2. The van der Waals surface area contributed by atoms with Crippen molar-refractivity contribution < 1.29 is 23.8 Å². The molecule has 0 aromatic heterocycles. The highest BCUT2D eigenvalue weighted by Gasteiger charge is 2.53. The zero-order valence-electron chi connectivity index (χ0n) is 15.8. The van der Waals surface area contributed by atoms with Crippen LogP contribution in [-0.4, -0.2) is 37.4 Å². The van der Waals surface area contributed by atoms with Crippen LogP contribution in [0.1, 0.15) is 78.1 Å². The summed E-state index contributed by atoms with van der Waals surface area (Å²) in [5.41, 5.74) is 0. The van der Waals surface area contributed by atoms with Crippen LogP contribution >= 0.6 is 0 Å². The quantitative estimate of drug-likeness (QED) is 0.301. The summed E-state index contributed by atoms with van der Waals surface area (Å²) in [5.74, 6) is -1.31. The minimum Gasteiger partial charge on any atom is -0.465 e. The van der Waals surface area contributed by atoms with E-state index < -0.39 is 11.8 Å². The van der Waals surface area contributed by atoms with Crippen LogP contribution in [0.2, 0.25) is 0 Å². The highest BCUT2D eigenvalue weighted by molar-refractivity contribution is 5.82. The van der Waals surface area contributed by atoms with E-state index in [2.05, 4.69) is 13.8 Å². The van der Waals surface area contributed by atoms with Gasteiger partial charge in [-0.3, -0.25) is 9.59 Å². The molecule has 1 heterocycles. The first-order chi connectivity index (χ1) is 12.2. The SMILES string of the molecule is CCCCCCOC(=O)C1CC2OC2CC1C(=O)OCCCCCC. The van der Waals surface area contributed by atoms with Gasteiger partial charge in [-0.25, -0.2) is 0 Å². The first kappa shape index (κ1) is 20.2. The molecule has 0 spiro atoms. The van der Waals surface area contributed by atoms with E-state index in [0.29, 0.717) is 26.1 Å². The van der Waals surface area contributed by atoms with Gasteiger partial charge in [-0.15, -0.1) is 0 Å². The second-order valence-corrected chi connectivity index (χ2v) is 7.35. The van der Waals surface area contributed by atoms with Crippen LogP contribution in [0.5, 0.6) is 0 Å². The molecule has 5 heteroatoms. The van der Waals surface area contributed by atoms with Crippen LogP contribution in [0.4, 0.5) is 0 Å². The van der Waals surface area contributed by atoms with Crippen molar-refractivity contribution in [3.63, 3.8) is 0 Å². The summed E-state index contributed by atoms with van der Waals surface area (Å²) in [7, 11) is 0. The Labute approximate surface area is 151 Å². The molecule has 0 N–H and O–H groups in total. The van der Waals surface area contributed by atoms with E-state index in [-0.39, 0.29) is 24.1 Å². The van der Waals surface area contributed by atoms with Crippen molar-refractivity contribution in [3.8, 4) is 0 Å². The van der Waals surface area contributed by atoms with Crippen LogP contribution in [-0.2, 0) is 23.8 Å². The van der Waals surface area contributed by atoms with Crippen LogP contribution < -0.4 is 0 Å². The van der Waals surface area contributed by atoms with Crippen molar-refractivity contribution in [2.45, 2.75) is 90.3 Å². The molecular formula is C20H34O5. The van der Waals surface area contributed by atoms with Gasteiger partial charge in [-0.1, -0.05) is 52.4 Å². The lowest BCUT2D eigenvalue weighted by molar-refractivity contribution is -0.162. The maximum absolute atomic E-state index is 12.4. The van der Waals surface area contributed by atoms with Crippen LogP contribution in [0.15, 0.2) is 0 Å². The van der Waals surface area contributed by atoms with Gasteiger partial charge in [0.1, 0.15) is 0 Å². The number of ether oxygens (including phenoxy) is 3. The smallest absolute Gasteiger partial charge is 0.309 e. The summed E-state index contributed by atoms with van der Waals surface area (Å²) in [5, 5.41) is 0. The molecule has 2 fully saturated rings. The van der Waals surface area contributed by atoms with Gasteiger partial charge >= 0.3 is 11.9 Å². The number of esters is 2.